The molecule has 3 aromatic rings. The summed E-state index contributed by atoms with van der Waals surface area (Å²) in [5, 5.41) is 0. The molecule has 1 aliphatic rings. The minimum atomic E-state index is -0.498. The van der Waals surface area contributed by atoms with Gasteiger partial charge in [0.05, 0.1) is 6.04 Å². The Bertz CT molecular complexity index is 968. The van der Waals surface area contributed by atoms with Gasteiger partial charge in [0.1, 0.15) is 5.75 Å². The molecule has 4 nitrogen and oxygen atoms in total. The van der Waals surface area contributed by atoms with Gasteiger partial charge < -0.3 is 9.64 Å². The lowest BCUT2D eigenvalue weighted by Gasteiger charge is -2.40. The highest BCUT2D eigenvalue weighted by atomic mass is 16.5. The number of carbonyl (C=O) groups excluding carboxylic acids is 1. The molecule has 1 saturated heterocycles. The largest absolute Gasteiger partial charge is 0.481 e. The van der Waals surface area contributed by atoms with Gasteiger partial charge in [-0.05, 0) is 55.2 Å². The second-order valence-corrected chi connectivity index (χ2v) is 8.67. The number of hydrogen-bond acceptors (Lipinski definition) is 3. The molecule has 0 aliphatic carbocycles. The number of benzene rings is 3. The van der Waals surface area contributed by atoms with E-state index < -0.39 is 6.10 Å². The number of piperazine rings is 1. The van der Waals surface area contributed by atoms with Crippen molar-refractivity contribution in [2.24, 2.45) is 0 Å². The highest BCUT2D eigenvalue weighted by molar-refractivity contribution is 5.81. The van der Waals surface area contributed by atoms with Gasteiger partial charge in [0.2, 0.25) is 0 Å². The van der Waals surface area contributed by atoms with Crippen molar-refractivity contribution in [2.45, 2.75) is 32.9 Å². The third-order valence-electron chi connectivity index (χ3n) is 6.08. The molecule has 166 valence electrons. The van der Waals surface area contributed by atoms with Gasteiger partial charge in [0.15, 0.2) is 6.10 Å². The topological polar surface area (TPSA) is 32.8 Å². The summed E-state index contributed by atoms with van der Waals surface area (Å²) in [5.41, 5.74) is 4.84. The Morgan fingerprint density at radius 1 is 0.781 bits per heavy atom. The zero-order valence-electron chi connectivity index (χ0n) is 19.2. The summed E-state index contributed by atoms with van der Waals surface area (Å²) in [6.07, 6.45) is -0.498. The Hall–Kier alpha value is -3.11. The normalized spacial score (nSPS) is 15.6. The summed E-state index contributed by atoms with van der Waals surface area (Å²) in [7, 11) is 0. The van der Waals surface area contributed by atoms with Crippen molar-refractivity contribution >= 4 is 5.91 Å². The maximum atomic E-state index is 13.1. The molecule has 0 radical (unpaired) electrons. The Balaban J connectivity index is 1.42. The van der Waals surface area contributed by atoms with Crippen LogP contribution in [0, 0.1) is 13.8 Å². The average molecular weight is 429 g/mol. The van der Waals surface area contributed by atoms with E-state index in [9.17, 15) is 4.79 Å². The third kappa shape index (κ3) is 5.20. The Morgan fingerprint density at radius 2 is 1.28 bits per heavy atom. The summed E-state index contributed by atoms with van der Waals surface area (Å²) in [4.78, 5) is 17.5. The predicted octanol–water partition coefficient (Wildman–Crippen LogP) is 5.00. The van der Waals surface area contributed by atoms with E-state index in [0.717, 1.165) is 30.0 Å². The lowest BCUT2D eigenvalue weighted by molar-refractivity contribution is -0.140. The molecule has 1 amide bonds. The standard InChI is InChI=1S/C28H32N2O2/c1-21-18-22(2)20-26(19-21)32-23(3)28(31)30-16-14-29(15-17-30)27(24-10-6-4-7-11-24)25-12-8-5-9-13-25/h4-13,18-20,23,27H,14-17H2,1-3H3/t23-/m0/s1. The van der Waals surface area contributed by atoms with Gasteiger partial charge in [-0.15, -0.1) is 0 Å². The van der Waals surface area contributed by atoms with Crippen LogP contribution in [0.2, 0.25) is 0 Å². The summed E-state index contributed by atoms with van der Waals surface area (Å²) < 4.78 is 6.00. The maximum absolute atomic E-state index is 13.1. The average Bonchev–Trinajstić information content (AvgIpc) is 2.80. The number of ether oxygens (including phenoxy) is 1. The highest BCUT2D eigenvalue weighted by Gasteiger charge is 2.30. The second kappa shape index (κ2) is 10.0. The van der Waals surface area contributed by atoms with Crippen LogP contribution in [0.3, 0.4) is 0 Å². The van der Waals surface area contributed by atoms with E-state index in [4.69, 9.17) is 4.74 Å². The number of nitrogens with zero attached hydrogens (tertiary/aromatic N) is 2. The van der Waals surface area contributed by atoms with Crippen LogP contribution in [0.25, 0.3) is 0 Å². The van der Waals surface area contributed by atoms with Gasteiger partial charge in [-0.2, -0.15) is 0 Å². The zero-order chi connectivity index (χ0) is 22.5. The van der Waals surface area contributed by atoms with E-state index in [1.54, 1.807) is 0 Å². The van der Waals surface area contributed by atoms with Gasteiger partial charge in [0.25, 0.3) is 5.91 Å². The van der Waals surface area contributed by atoms with Crippen molar-refractivity contribution in [3.05, 3.63) is 101 Å². The van der Waals surface area contributed by atoms with Crippen molar-refractivity contribution in [3.8, 4) is 5.75 Å². The molecule has 0 saturated carbocycles. The molecule has 4 heteroatoms. The molecule has 1 atom stereocenters. The van der Waals surface area contributed by atoms with Gasteiger partial charge in [-0.1, -0.05) is 66.7 Å². The fourth-order valence-electron chi connectivity index (χ4n) is 4.60. The molecule has 1 heterocycles. The van der Waals surface area contributed by atoms with Crippen molar-refractivity contribution < 1.29 is 9.53 Å². The fourth-order valence-corrected chi connectivity index (χ4v) is 4.60. The SMILES string of the molecule is Cc1cc(C)cc(O[C@@H](C)C(=O)N2CCN(C(c3ccccc3)c3ccccc3)CC2)c1. The first-order valence-electron chi connectivity index (χ1n) is 11.4. The monoisotopic (exact) mass is 428 g/mol. The van der Waals surface area contributed by atoms with Crippen LogP contribution >= 0.6 is 0 Å². The maximum Gasteiger partial charge on any atom is 0.263 e. The van der Waals surface area contributed by atoms with Crippen molar-refractivity contribution in [3.63, 3.8) is 0 Å². The quantitative estimate of drug-likeness (QED) is 0.554. The van der Waals surface area contributed by atoms with E-state index in [-0.39, 0.29) is 11.9 Å². The molecule has 3 aromatic carbocycles. The Morgan fingerprint density at radius 3 is 1.78 bits per heavy atom. The number of amides is 1. The zero-order valence-corrected chi connectivity index (χ0v) is 19.2. The lowest BCUT2D eigenvalue weighted by Crippen LogP contribution is -2.52. The smallest absolute Gasteiger partial charge is 0.263 e. The first-order valence-corrected chi connectivity index (χ1v) is 11.4. The van der Waals surface area contributed by atoms with E-state index in [1.165, 1.54) is 11.1 Å². The van der Waals surface area contributed by atoms with Crippen molar-refractivity contribution in [1.82, 2.24) is 9.80 Å². The first kappa shape index (κ1) is 22.1. The van der Waals surface area contributed by atoms with Crippen LogP contribution < -0.4 is 4.74 Å². The van der Waals surface area contributed by atoms with Gasteiger partial charge in [0, 0.05) is 26.2 Å². The Labute approximate surface area is 191 Å². The molecule has 1 aliphatic heterocycles. The fraction of sp³-hybridized carbons (Fsp3) is 0.321. The molecule has 0 N–H and O–H groups in total. The third-order valence-corrected chi connectivity index (χ3v) is 6.08. The van der Waals surface area contributed by atoms with E-state index in [0.29, 0.717) is 13.1 Å². The molecular weight excluding hydrogens is 396 g/mol. The summed E-state index contributed by atoms with van der Waals surface area (Å²) in [6, 6.07) is 27.5. The predicted molar refractivity (Wildman–Crippen MR) is 129 cm³/mol. The van der Waals surface area contributed by atoms with Crippen LogP contribution in [0.15, 0.2) is 78.9 Å². The summed E-state index contributed by atoms with van der Waals surface area (Å²) >= 11 is 0. The number of aryl methyl sites for hydroxylation is 2. The van der Waals surface area contributed by atoms with Gasteiger partial charge in [-0.25, -0.2) is 0 Å². The molecule has 32 heavy (non-hydrogen) atoms. The molecule has 0 aromatic heterocycles. The molecule has 1 fully saturated rings. The van der Waals surface area contributed by atoms with Gasteiger partial charge in [-0.3, -0.25) is 9.69 Å². The van der Waals surface area contributed by atoms with Crippen molar-refractivity contribution in [2.75, 3.05) is 26.2 Å². The number of hydrogen-bond donors (Lipinski definition) is 0. The van der Waals surface area contributed by atoms with Crippen LogP contribution in [0.5, 0.6) is 5.75 Å². The number of rotatable bonds is 6. The first-order chi connectivity index (χ1) is 15.5. The molecule has 4 rings (SSSR count). The van der Waals surface area contributed by atoms with Crippen molar-refractivity contribution in [1.29, 1.82) is 0 Å². The van der Waals surface area contributed by atoms with Gasteiger partial charge >= 0.3 is 0 Å². The van der Waals surface area contributed by atoms with E-state index in [1.807, 2.05) is 37.8 Å². The Kier molecular flexibility index (Phi) is 6.91. The summed E-state index contributed by atoms with van der Waals surface area (Å²) in [6.45, 7) is 9.00. The van der Waals surface area contributed by atoms with Crippen LogP contribution in [-0.2, 0) is 4.79 Å². The molecule has 0 unspecified atom stereocenters. The number of carbonyl (C=O) groups is 1. The lowest BCUT2D eigenvalue weighted by atomic mass is 9.96. The minimum Gasteiger partial charge on any atom is -0.481 e. The van der Waals surface area contributed by atoms with E-state index >= 15 is 0 Å². The second-order valence-electron chi connectivity index (χ2n) is 8.67. The van der Waals surface area contributed by atoms with Crippen LogP contribution in [0.1, 0.15) is 35.2 Å². The van der Waals surface area contributed by atoms with E-state index in [2.05, 4.69) is 71.6 Å². The molecule has 0 spiro atoms. The molecule has 0 bridgehead atoms. The van der Waals surface area contributed by atoms with Crippen LogP contribution in [-0.4, -0.2) is 48.0 Å². The highest BCUT2D eigenvalue weighted by Crippen LogP contribution is 2.29. The van der Waals surface area contributed by atoms with Crippen LogP contribution in [0.4, 0.5) is 0 Å². The summed E-state index contributed by atoms with van der Waals surface area (Å²) in [5.74, 6) is 0.815. The molecular formula is C28H32N2O2. The minimum absolute atomic E-state index is 0.0554.